The van der Waals surface area contributed by atoms with Gasteiger partial charge in [0, 0.05) is 62.2 Å². The van der Waals surface area contributed by atoms with Gasteiger partial charge in [0.15, 0.2) is 11.6 Å². The number of allylic oxidation sites excluding steroid dienone is 2. The zero-order valence-corrected chi connectivity index (χ0v) is 38.3. The molecule has 0 spiro atoms. The van der Waals surface area contributed by atoms with Crippen LogP contribution in [0.3, 0.4) is 0 Å². The van der Waals surface area contributed by atoms with Crippen molar-refractivity contribution in [2.75, 3.05) is 0 Å². The summed E-state index contributed by atoms with van der Waals surface area (Å²) in [4.78, 5) is 31.8. The summed E-state index contributed by atoms with van der Waals surface area (Å²) in [6, 6.07) is 4.90. The third kappa shape index (κ3) is 9.16. The van der Waals surface area contributed by atoms with Crippen molar-refractivity contribution in [3.63, 3.8) is 0 Å². The van der Waals surface area contributed by atoms with Crippen LogP contribution in [0, 0.1) is 35.5 Å². The lowest BCUT2D eigenvalue weighted by molar-refractivity contribution is -0.131. The highest BCUT2D eigenvalue weighted by atomic mass is 32.2. The van der Waals surface area contributed by atoms with E-state index in [9.17, 15) is 9.59 Å². The van der Waals surface area contributed by atoms with E-state index in [1.807, 2.05) is 28.9 Å². The Morgan fingerprint density at radius 2 is 1.61 bits per heavy atom. The van der Waals surface area contributed by atoms with E-state index in [1.54, 1.807) is 49.6 Å². The fourth-order valence-corrected chi connectivity index (χ4v) is 13.8. The van der Waals surface area contributed by atoms with Crippen LogP contribution < -0.4 is 16.8 Å². The number of thioether (sulfide) groups is 3. The van der Waals surface area contributed by atoms with Crippen LogP contribution in [-0.2, 0) is 20.4 Å². The summed E-state index contributed by atoms with van der Waals surface area (Å²) >= 11 is 8.68. The molecule has 0 aromatic carbocycles. The maximum Gasteiger partial charge on any atom is 0.172 e. The van der Waals surface area contributed by atoms with Crippen molar-refractivity contribution in [3.8, 4) is 34.4 Å². The predicted octanol–water partition coefficient (Wildman–Crippen LogP) is 12.1. The Morgan fingerprint density at radius 1 is 1.00 bits per heavy atom. The third-order valence-corrected chi connectivity index (χ3v) is 17.9. The van der Waals surface area contributed by atoms with Gasteiger partial charge in [-0.25, -0.2) is 0 Å². The summed E-state index contributed by atoms with van der Waals surface area (Å²) in [5, 5.41) is 3.68. The first-order valence-electron chi connectivity index (χ1n) is 19.3. The van der Waals surface area contributed by atoms with E-state index in [0.717, 1.165) is 65.4 Å². The van der Waals surface area contributed by atoms with Gasteiger partial charge in [-0.1, -0.05) is 96.2 Å². The molecule has 0 bridgehead atoms. The lowest BCUT2D eigenvalue weighted by Gasteiger charge is -2.31. The number of thiophene rings is 2. The fraction of sp³-hybridized carbons (Fsp3) is 0.478. The Balaban J connectivity index is 1.52. The van der Waals surface area contributed by atoms with Gasteiger partial charge < -0.3 is 16.8 Å². The van der Waals surface area contributed by atoms with Crippen molar-refractivity contribution in [1.82, 2.24) is 5.32 Å². The first-order valence-corrected chi connectivity index (χ1v) is 23.5. The molecule has 2 aromatic heterocycles. The number of hydrogen-bond acceptors (Lipinski definition) is 10. The van der Waals surface area contributed by atoms with E-state index in [0.29, 0.717) is 16.8 Å². The molecular weight excluding hydrogens is 787 g/mol. The lowest BCUT2D eigenvalue weighted by Crippen LogP contribution is -2.31. The van der Waals surface area contributed by atoms with E-state index in [1.165, 1.54) is 41.7 Å². The lowest BCUT2D eigenvalue weighted by atomic mass is 9.71. The van der Waals surface area contributed by atoms with Gasteiger partial charge in [-0.2, -0.15) is 0 Å². The smallest absolute Gasteiger partial charge is 0.172 e. The summed E-state index contributed by atoms with van der Waals surface area (Å²) < 4.78 is 2.05. The third-order valence-electron chi connectivity index (χ3n) is 10.8. The molecule has 3 aliphatic rings. The minimum atomic E-state index is -1.04. The fourth-order valence-electron chi connectivity index (χ4n) is 7.32. The Bertz CT molecular complexity index is 2070. The van der Waals surface area contributed by atoms with Crippen LogP contribution in [0.15, 0.2) is 72.3 Å². The van der Waals surface area contributed by atoms with Crippen LogP contribution in [0.25, 0.3) is 9.75 Å². The number of terminal acetylenes is 2. The van der Waals surface area contributed by atoms with E-state index in [-0.39, 0.29) is 39.6 Å². The second-order valence-electron chi connectivity index (χ2n) is 17.5. The van der Waals surface area contributed by atoms with E-state index >= 15 is 0 Å². The van der Waals surface area contributed by atoms with Crippen molar-refractivity contribution in [1.29, 1.82) is 0 Å². The van der Waals surface area contributed by atoms with Crippen LogP contribution >= 0.6 is 58.0 Å². The molecule has 10 heteroatoms. The SMILES string of the molecule is C#CCCCCC1(CCCCC#C)c2cc(S/C(=C\N)S/C(C3=CNC(C(C)(C)C)S3)=C(/N)C(=C)/C=C3\CC(=O)C(C)(C)C3=O)sc2-c2sc(C(C)(C)C)cc21. The monoisotopic (exact) mass is 843 g/mol. The van der Waals surface area contributed by atoms with Crippen LogP contribution in [0.2, 0.25) is 0 Å². The van der Waals surface area contributed by atoms with Crippen LogP contribution in [0.5, 0.6) is 0 Å². The van der Waals surface area contributed by atoms with Crippen LogP contribution in [-0.4, -0.2) is 16.9 Å². The number of ketones is 2. The number of unbranched alkanes of at least 4 members (excludes halogenated alkanes) is 4. The molecule has 56 heavy (non-hydrogen) atoms. The quantitative estimate of drug-likeness (QED) is 0.0407. The van der Waals surface area contributed by atoms with Crippen molar-refractivity contribution < 1.29 is 9.59 Å². The molecule has 1 unspecified atom stereocenters. The summed E-state index contributed by atoms with van der Waals surface area (Å²) in [6.07, 6.45) is 24.6. The number of Topliss-reactive ketones (excluding diaryl/α,β-unsaturated/α-hetero) is 2. The molecule has 5 N–H and O–H groups in total. The Morgan fingerprint density at radius 3 is 2.12 bits per heavy atom. The number of nitrogens with one attached hydrogen (secondary N) is 1. The van der Waals surface area contributed by atoms with Gasteiger partial charge >= 0.3 is 0 Å². The molecule has 1 atom stereocenters. The molecule has 1 aliphatic heterocycles. The number of fused-ring (bicyclic) bond motifs is 3. The zero-order chi connectivity index (χ0) is 41.2. The average molecular weight is 844 g/mol. The predicted molar refractivity (Wildman–Crippen MR) is 246 cm³/mol. The molecule has 0 radical (unpaired) electrons. The second kappa shape index (κ2) is 17.5. The summed E-state index contributed by atoms with van der Waals surface area (Å²) in [5.74, 6) is 5.42. The standard InChI is InChI=1S/C46H57N3O2S5/c1-12-14-16-18-20-46(21-19-17-15-13-2)30-24-34(43(4,5)6)53-38(30)39-31(46)25-35(55-39)54-36(26-47)56-40(32-27-49-42(52-32)44(7,8)9)37(48)28(3)22-29-23-33(50)45(10,11)41(29)51/h1-2,22,24-27,42,49H,3,14-21,23,47-48H2,4-11H3/b29-22+,36-26+,40-37+. The van der Waals surface area contributed by atoms with Crippen molar-refractivity contribution in [2.24, 2.45) is 22.3 Å². The Hall–Kier alpha value is -2.99. The first-order chi connectivity index (χ1) is 26.3. The maximum absolute atomic E-state index is 13.1. The number of carbonyl (C=O) groups is 2. The number of hydrogen-bond donors (Lipinski definition) is 3. The minimum absolute atomic E-state index is 0.0187. The van der Waals surface area contributed by atoms with Crippen molar-refractivity contribution >= 4 is 69.5 Å². The van der Waals surface area contributed by atoms with E-state index in [4.69, 9.17) is 24.3 Å². The Kier molecular flexibility index (Phi) is 13.8. The van der Waals surface area contributed by atoms with Gasteiger partial charge in [0.2, 0.25) is 0 Å². The molecule has 298 valence electrons. The van der Waals surface area contributed by atoms with E-state index < -0.39 is 5.41 Å². The average Bonchev–Trinajstić information content (AvgIpc) is 3.95. The zero-order valence-electron chi connectivity index (χ0n) is 34.2. The Labute approximate surface area is 356 Å². The molecule has 0 amide bonds. The minimum Gasteiger partial charge on any atom is -0.403 e. The molecule has 3 heterocycles. The normalized spacial score (nSPS) is 20.0. The molecule has 0 saturated heterocycles. The molecule has 5 nitrogen and oxygen atoms in total. The second-order valence-corrected chi connectivity index (χ2v) is 23.4. The number of carbonyl (C=O) groups excluding carboxylic acids is 2. The molecule has 1 fully saturated rings. The summed E-state index contributed by atoms with van der Waals surface area (Å²) in [5.41, 5.74) is 16.6. The molecule has 2 aromatic rings. The first kappa shape index (κ1) is 44.1. The van der Waals surface area contributed by atoms with Crippen LogP contribution in [0.4, 0.5) is 0 Å². The molecule has 5 rings (SSSR count). The van der Waals surface area contributed by atoms with Gasteiger partial charge in [0.05, 0.1) is 29.8 Å². The number of rotatable bonds is 15. The van der Waals surface area contributed by atoms with Gasteiger partial charge in [-0.05, 0) is 85.3 Å². The van der Waals surface area contributed by atoms with Gasteiger partial charge in [0.1, 0.15) is 0 Å². The molecule has 2 aliphatic carbocycles. The highest BCUT2D eigenvalue weighted by Gasteiger charge is 2.47. The molecular formula is C46H57N3O2S5. The number of nitrogens with two attached hydrogens (primary N) is 2. The summed E-state index contributed by atoms with van der Waals surface area (Å²) in [7, 11) is 0. The highest BCUT2D eigenvalue weighted by molar-refractivity contribution is 8.25. The largest absolute Gasteiger partial charge is 0.403 e. The van der Waals surface area contributed by atoms with Gasteiger partial charge in [-0.3, -0.25) is 9.59 Å². The maximum atomic E-state index is 13.1. The highest BCUT2D eigenvalue weighted by Crippen LogP contribution is 2.62. The van der Waals surface area contributed by atoms with Gasteiger partial charge in [0.25, 0.3) is 0 Å². The van der Waals surface area contributed by atoms with Crippen molar-refractivity contribution in [2.45, 2.75) is 134 Å². The topological polar surface area (TPSA) is 98.2 Å². The van der Waals surface area contributed by atoms with E-state index in [2.05, 4.69) is 77.4 Å². The molecule has 1 saturated carbocycles. The van der Waals surface area contributed by atoms with Gasteiger partial charge in [-0.15, -0.1) is 47.4 Å². The summed E-state index contributed by atoms with van der Waals surface area (Å²) in [6.45, 7) is 21.2. The van der Waals surface area contributed by atoms with Crippen LogP contribution in [0.1, 0.15) is 129 Å². The van der Waals surface area contributed by atoms with Crippen molar-refractivity contribution in [3.05, 3.63) is 84.1 Å².